The first kappa shape index (κ1) is 20.8. The van der Waals surface area contributed by atoms with E-state index in [4.69, 9.17) is 4.52 Å². The van der Waals surface area contributed by atoms with Gasteiger partial charge in [0.15, 0.2) is 0 Å². The van der Waals surface area contributed by atoms with Crippen LogP contribution in [0.3, 0.4) is 0 Å². The van der Waals surface area contributed by atoms with E-state index < -0.39 is 14.9 Å². The lowest BCUT2D eigenvalue weighted by Crippen LogP contribution is -2.47. The molecule has 0 atom stereocenters. The fourth-order valence-corrected chi connectivity index (χ4v) is 5.56. The summed E-state index contributed by atoms with van der Waals surface area (Å²) in [6.45, 7) is 5.60. The maximum absolute atomic E-state index is 12.9. The molecule has 0 aliphatic carbocycles. The third-order valence-corrected chi connectivity index (χ3v) is 7.76. The van der Waals surface area contributed by atoms with Gasteiger partial charge in [-0.1, -0.05) is 5.16 Å². The molecule has 2 heterocycles. The summed E-state index contributed by atoms with van der Waals surface area (Å²) >= 11 is 1.26. The molecule has 152 valence electrons. The molecular weight excluding hydrogens is 404 g/mol. The number of piperazine rings is 1. The molecule has 0 spiro atoms. The highest BCUT2D eigenvalue weighted by Gasteiger charge is 2.29. The number of nitro groups is 1. The van der Waals surface area contributed by atoms with Crippen molar-refractivity contribution in [1.82, 2.24) is 14.4 Å². The Kier molecular flexibility index (Phi) is 6.08. The molecule has 9 nitrogen and oxygen atoms in total. The van der Waals surface area contributed by atoms with Crippen LogP contribution in [-0.4, -0.2) is 60.9 Å². The predicted molar refractivity (Wildman–Crippen MR) is 105 cm³/mol. The number of aromatic nitrogens is 1. The highest BCUT2D eigenvalue weighted by molar-refractivity contribution is 7.98. The topological polar surface area (TPSA) is 110 Å². The molecule has 1 fully saturated rings. The summed E-state index contributed by atoms with van der Waals surface area (Å²) in [7, 11) is -1.83. The van der Waals surface area contributed by atoms with Crippen molar-refractivity contribution in [2.75, 3.05) is 33.2 Å². The summed E-state index contributed by atoms with van der Waals surface area (Å²) in [6.07, 6.45) is 0. The Hall–Kier alpha value is -1.95. The summed E-state index contributed by atoms with van der Waals surface area (Å²) in [5.74, 6) is 1.12. The van der Waals surface area contributed by atoms with Crippen LogP contribution in [0.15, 0.2) is 32.5 Å². The second-order valence-electron chi connectivity index (χ2n) is 6.69. The summed E-state index contributed by atoms with van der Waals surface area (Å²) in [4.78, 5) is 13.4. The number of nitro benzene ring substituents is 1. The first-order valence-corrected chi connectivity index (χ1v) is 11.1. The molecule has 1 saturated heterocycles. The number of aryl methyl sites for hydroxylation is 2. The molecule has 3 rings (SSSR count). The molecule has 0 amide bonds. The summed E-state index contributed by atoms with van der Waals surface area (Å²) in [5, 5.41) is 15.4. The molecule has 1 aliphatic heterocycles. The molecule has 28 heavy (non-hydrogen) atoms. The van der Waals surface area contributed by atoms with E-state index in [0.29, 0.717) is 42.6 Å². The lowest BCUT2D eigenvalue weighted by molar-refractivity contribution is -0.388. The minimum Gasteiger partial charge on any atom is -0.361 e. The number of benzene rings is 1. The van der Waals surface area contributed by atoms with Gasteiger partial charge < -0.3 is 9.42 Å². The van der Waals surface area contributed by atoms with Gasteiger partial charge in [0.05, 0.1) is 20.4 Å². The van der Waals surface area contributed by atoms with Crippen LogP contribution >= 0.6 is 11.8 Å². The van der Waals surface area contributed by atoms with E-state index in [9.17, 15) is 18.5 Å². The molecule has 0 unspecified atom stereocenters. The van der Waals surface area contributed by atoms with E-state index in [0.717, 1.165) is 17.3 Å². The number of hydrogen-bond acceptors (Lipinski definition) is 8. The van der Waals surface area contributed by atoms with Gasteiger partial charge in [0.2, 0.25) is 10.0 Å². The molecule has 1 aromatic carbocycles. The molecule has 0 radical (unpaired) electrons. The van der Waals surface area contributed by atoms with E-state index >= 15 is 0 Å². The predicted octanol–water partition coefficient (Wildman–Crippen LogP) is 2.43. The van der Waals surface area contributed by atoms with Crippen molar-refractivity contribution in [2.45, 2.75) is 29.4 Å². The van der Waals surface area contributed by atoms with Crippen LogP contribution in [-0.2, 0) is 15.8 Å². The number of likely N-dealkylation sites (N-methyl/N-ethyl adjacent to an activating group) is 1. The van der Waals surface area contributed by atoms with Crippen molar-refractivity contribution in [3.05, 3.63) is 45.3 Å². The van der Waals surface area contributed by atoms with Gasteiger partial charge >= 0.3 is 0 Å². The van der Waals surface area contributed by atoms with Gasteiger partial charge in [0.25, 0.3) is 5.69 Å². The van der Waals surface area contributed by atoms with Gasteiger partial charge in [-0.25, -0.2) is 8.42 Å². The van der Waals surface area contributed by atoms with Gasteiger partial charge in [-0.15, -0.1) is 11.8 Å². The number of hydrogen-bond donors (Lipinski definition) is 0. The Morgan fingerprint density at radius 1 is 1.25 bits per heavy atom. The van der Waals surface area contributed by atoms with Gasteiger partial charge in [-0.3, -0.25) is 10.1 Å². The van der Waals surface area contributed by atoms with Crippen molar-refractivity contribution in [3.63, 3.8) is 0 Å². The average molecular weight is 427 g/mol. The minimum absolute atomic E-state index is 0.0505. The summed E-state index contributed by atoms with van der Waals surface area (Å²) in [6, 6.07) is 4.10. The number of rotatable bonds is 6. The molecule has 2 aromatic rings. The molecule has 0 bridgehead atoms. The van der Waals surface area contributed by atoms with E-state index in [1.165, 1.54) is 28.2 Å². The molecular formula is C17H22N4O5S2. The smallest absolute Gasteiger partial charge is 0.284 e. The van der Waals surface area contributed by atoms with Crippen molar-refractivity contribution in [3.8, 4) is 0 Å². The number of nitrogens with zero attached hydrogens (tertiary/aromatic N) is 4. The van der Waals surface area contributed by atoms with Crippen LogP contribution in [0.4, 0.5) is 5.69 Å². The third-order valence-electron chi connectivity index (χ3n) is 4.78. The van der Waals surface area contributed by atoms with Gasteiger partial charge in [0.1, 0.15) is 5.76 Å². The maximum Gasteiger partial charge on any atom is 0.284 e. The first-order chi connectivity index (χ1) is 13.2. The van der Waals surface area contributed by atoms with Crippen LogP contribution in [0, 0.1) is 24.0 Å². The standard InChI is InChI=1S/C17H22N4O5S2/c1-12-15(13(2)26-18-12)11-27-17-5-4-14(10-16(17)21(22)23)28(24,25)20-8-6-19(3)7-9-20/h4-5,10H,6-9,11H2,1-3H3. The van der Waals surface area contributed by atoms with Crippen LogP contribution in [0.2, 0.25) is 0 Å². The molecule has 0 saturated carbocycles. The van der Waals surface area contributed by atoms with Crippen LogP contribution < -0.4 is 0 Å². The van der Waals surface area contributed by atoms with Crippen LogP contribution in [0.5, 0.6) is 0 Å². The second kappa shape index (κ2) is 8.19. The molecule has 11 heteroatoms. The lowest BCUT2D eigenvalue weighted by Gasteiger charge is -2.31. The van der Waals surface area contributed by atoms with Crippen molar-refractivity contribution in [1.29, 1.82) is 0 Å². The van der Waals surface area contributed by atoms with Gasteiger partial charge in [0, 0.05) is 43.6 Å². The first-order valence-electron chi connectivity index (χ1n) is 8.72. The Labute approximate surface area is 167 Å². The Balaban J connectivity index is 1.86. The summed E-state index contributed by atoms with van der Waals surface area (Å²) < 4.78 is 32.2. The number of sulfonamides is 1. The largest absolute Gasteiger partial charge is 0.361 e. The second-order valence-corrected chi connectivity index (χ2v) is 9.64. The quantitative estimate of drug-likeness (QED) is 0.393. The van der Waals surface area contributed by atoms with E-state index in [1.807, 2.05) is 18.9 Å². The Bertz CT molecular complexity index is 962. The zero-order valence-corrected chi connectivity index (χ0v) is 17.5. The summed E-state index contributed by atoms with van der Waals surface area (Å²) in [5.41, 5.74) is 1.40. The van der Waals surface area contributed by atoms with E-state index in [-0.39, 0.29) is 10.6 Å². The zero-order chi connectivity index (χ0) is 20.5. The van der Waals surface area contributed by atoms with Crippen molar-refractivity contribution in [2.24, 2.45) is 0 Å². The highest BCUT2D eigenvalue weighted by Crippen LogP contribution is 2.35. The Morgan fingerprint density at radius 2 is 1.93 bits per heavy atom. The fourth-order valence-electron chi connectivity index (χ4n) is 2.96. The normalized spacial score (nSPS) is 16.4. The van der Waals surface area contributed by atoms with E-state index in [1.54, 1.807) is 6.92 Å². The molecule has 1 aliphatic rings. The highest BCUT2D eigenvalue weighted by atomic mass is 32.2. The molecule has 0 N–H and O–H groups in total. The average Bonchev–Trinajstić information content (AvgIpc) is 2.98. The SMILES string of the molecule is Cc1noc(C)c1CSc1ccc(S(=O)(=O)N2CCN(C)CC2)cc1[N+](=O)[O-]. The monoisotopic (exact) mass is 426 g/mol. The fraction of sp³-hybridized carbons (Fsp3) is 0.471. The van der Waals surface area contributed by atoms with Crippen LogP contribution in [0.1, 0.15) is 17.0 Å². The van der Waals surface area contributed by atoms with E-state index in [2.05, 4.69) is 5.16 Å². The zero-order valence-electron chi connectivity index (χ0n) is 15.9. The van der Waals surface area contributed by atoms with Gasteiger partial charge in [-0.05, 0) is 33.0 Å². The van der Waals surface area contributed by atoms with Gasteiger partial charge in [-0.2, -0.15) is 4.31 Å². The maximum atomic E-state index is 12.9. The van der Waals surface area contributed by atoms with Crippen LogP contribution in [0.25, 0.3) is 0 Å². The lowest BCUT2D eigenvalue weighted by atomic mass is 10.2. The minimum atomic E-state index is -3.76. The number of thioether (sulfide) groups is 1. The van der Waals surface area contributed by atoms with Crippen molar-refractivity contribution < 1.29 is 17.9 Å². The third kappa shape index (κ3) is 4.22. The Morgan fingerprint density at radius 3 is 2.50 bits per heavy atom. The van der Waals surface area contributed by atoms with Crippen molar-refractivity contribution >= 4 is 27.5 Å². The molecule has 1 aromatic heterocycles.